The van der Waals surface area contributed by atoms with Crippen molar-refractivity contribution in [3.05, 3.63) is 66.4 Å². The third-order valence-corrected chi connectivity index (χ3v) is 6.71. The molecule has 1 N–H and O–H groups in total. The van der Waals surface area contributed by atoms with Gasteiger partial charge in [-0.15, -0.1) is 0 Å². The van der Waals surface area contributed by atoms with Gasteiger partial charge in [0.1, 0.15) is 17.2 Å². The van der Waals surface area contributed by atoms with Crippen LogP contribution in [0.2, 0.25) is 0 Å². The van der Waals surface area contributed by atoms with Crippen molar-refractivity contribution in [2.24, 2.45) is 0 Å². The zero-order chi connectivity index (χ0) is 23.0. The van der Waals surface area contributed by atoms with Gasteiger partial charge in [0.15, 0.2) is 15.7 Å². The van der Waals surface area contributed by atoms with Crippen molar-refractivity contribution < 1.29 is 17.9 Å². The zero-order valence-electron chi connectivity index (χ0n) is 18.0. The van der Waals surface area contributed by atoms with Gasteiger partial charge in [0.2, 0.25) is 5.91 Å². The molecule has 0 unspecified atom stereocenters. The molecule has 0 spiro atoms. The maximum atomic E-state index is 12.2. The van der Waals surface area contributed by atoms with E-state index in [2.05, 4.69) is 15.0 Å². The minimum absolute atomic E-state index is 0.123. The van der Waals surface area contributed by atoms with Crippen LogP contribution in [0.3, 0.4) is 0 Å². The quantitative estimate of drug-likeness (QED) is 0.465. The van der Waals surface area contributed by atoms with Gasteiger partial charge in [0.05, 0.1) is 15.9 Å². The number of ether oxygens (including phenoxy) is 1. The molecule has 9 heteroatoms. The predicted molar refractivity (Wildman–Crippen MR) is 124 cm³/mol. The number of carbonyl (C=O) groups is 1. The molecule has 1 saturated heterocycles. The fraction of sp³-hybridized carbons (Fsp3) is 0.208. The zero-order valence-corrected chi connectivity index (χ0v) is 18.8. The van der Waals surface area contributed by atoms with Crippen LogP contribution in [0.1, 0.15) is 18.4 Å². The Labute approximate surface area is 191 Å². The summed E-state index contributed by atoms with van der Waals surface area (Å²) in [7, 11) is -3.29. The molecule has 33 heavy (non-hydrogen) atoms. The first-order valence-corrected chi connectivity index (χ1v) is 12.5. The summed E-state index contributed by atoms with van der Waals surface area (Å²) in [4.78, 5) is 26.6. The van der Waals surface area contributed by atoms with Crippen LogP contribution < -0.4 is 4.74 Å². The van der Waals surface area contributed by atoms with E-state index in [1.54, 1.807) is 18.3 Å². The number of aromatic nitrogens is 3. The molecule has 0 aliphatic carbocycles. The van der Waals surface area contributed by atoms with Crippen LogP contribution in [0.15, 0.2) is 65.7 Å². The Morgan fingerprint density at radius 2 is 1.94 bits per heavy atom. The van der Waals surface area contributed by atoms with E-state index in [4.69, 9.17) is 4.74 Å². The number of sulfone groups is 1. The monoisotopic (exact) mass is 462 g/mol. The van der Waals surface area contributed by atoms with E-state index in [0.29, 0.717) is 42.4 Å². The summed E-state index contributed by atoms with van der Waals surface area (Å²) in [5.41, 5.74) is 3.08. The van der Waals surface area contributed by atoms with Crippen molar-refractivity contribution in [2.45, 2.75) is 24.3 Å². The van der Waals surface area contributed by atoms with Crippen LogP contribution in [-0.4, -0.2) is 47.0 Å². The fourth-order valence-corrected chi connectivity index (χ4v) is 4.51. The summed E-state index contributed by atoms with van der Waals surface area (Å²) >= 11 is 0. The highest BCUT2D eigenvalue weighted by atomic mass is 32.2. The maximum Gasteiger partial charge on any atom is 0.222 e. The largest absolute Gasteiger partial charge is 0.457 e. The molecule has 4 aromatic rings. The van der Waals surface area contributed by atoms with E-state index in [0.717, 1.165) is 23.2 Å². The van der Waals surface area contributed by atoms with E-state index in [-0.39, 0.29) is 10.8 Å². The second kappa shape index (κ2) is 8.32. The van der Waals surface area contributed by atoms with Crippen LogP contribution in [-0.2, 0) is 21.2 Å². The lowest BCUT2D eigenvalue weighted by Crippen LogP contribution is -2.24. The van der Waals surface area contributed by atoms with Crippen molar-refractivity contribution in [3.63, 3.8) is 0 Å². The van der Waals surface area contributed by atoms with E-state index >= 15 is 0 Å². The van der Waals surface area contributed by atoms with E-state index in [9.17, 15) is 13.2 Å². The van der Waals surface area contributed by atoms with Crippen LogP contribution >= 0.6 is 0 Å². The maximum absolute atomic E-state index is 12.2. The molecule has 2 aromatic carbocycles. The van der Waals surface area contributed by atoms with Crippen LogP contribution in [0.25, 0.3) is 22.6 Å². The highest BCUT2D eigenvalue weighted by Gasteiger charge is 2.22. The topological polar surface area (TPSA) is 105 Å². The molecule has 1 aliphatic rings. The van der Waals surface area contributed by atoms with Gasteiger partial charge in [-0.05, 0) is 48.9 Å². The number of likely N-dealkylation sites (tertiary alicyclic amines) is 1. The third-order valence-electron chi connectivity index (χ3n) is 5.58. The van der Waals surface area contributed by atoms with Crippen LogP contribution in [0.5, 0.6) is 11.5 Å². The third kappa shape index (κ3) is 4.45. The number of hydrogen-bond donors (Lipinski definition) is 1. The highest BCUT2D eigenvalue weighted by molar-refractivity contribution is 7.90. The molecule has 8 nitrogen and oxygen atoms in total. The van der Waals surface area contributed by atoms with Crippen LogP contribution in [0, 0.1) is 0 Å². The number of carbonyl (C=O) groups excluding carboxylic acids is 1. The van der Waals surface area contributed by atoms with Gasteiger partial charge in [-0.2, -0.15) is 0 Å². The summed E-state index contributed by atoms with van der Waals surface area (Å²) in [5, 5.41) is 0. The Kier molecular flexibility index (Phi) is 5.33. The SMILES string of the molecule is CS(=O)(=O)c1ccc(Oc2cc3nc(-c4ccccn4)[nH]c3cc2CN2CCCC2=O)cc1. The summed E-state index contributed by atoms with van der Waals surface area (Å²) in [6.45, 7) is 1.13. The first-order chi connectivity index (χ1) is 15.9. The Balaban J connectivity index is 1.54. The van der Waals surface area contributed by atoms with Crippen molar-refractivity contribution in [2.75, 3.05) is 12.8 Å². The Morgan fingerprint density at radius 3 is 2.61 bits per heavy atom. The number of aromatic amines is 1. The average Bonchev–Trinajstić information content (AvgIpc) is 3.40. The lowest BCUT2D eigenvalue weighted by atomic mass is 10.1. The van der Waals surface area contributed by atoms with Gasteiger partial charge in [0.25, 0.3) is 0 Å². The number of benzene rings is 2. The molecule has 1 amide bonds. The number of imidazole rings is 1. The standard InChI is InChI=1S/C24H22N4O4S/c1-33(30,31)18-9-7-17(8-10-18)32-22-14-21-20(13-16(22)15-28-12-4-6-23(28)29)26-24(27-21)19-5-2-3-11-25-19/h2-3,5,7-11,13-14H,4,6,12,15H2,1H3,(H,26,27). The van der Waals surface area contributed by atoms with E-state index < -0.39 is 9.84 Å². The van der Waals surface area contributed by atoms with E-state index in [1.165, 1.54) is 18.4 Å². The molecule has 0 saturated carbocycles. The lowest BCUT2D eigenvalue weighted by molar-refractivity contribution is -0.128. The number of pyridine rings is 1. The van der Waals surface area contributed by atoms with Gasteiger partial charge >= 0.3 is 0 Å². The number of hydrogen-bond acceptors (Lipinski definition) is 6. The summed E-state index contributed by atoms with van der Waals surface area (Å²) < 4.78 is 29.6. The number of rotatable bonds is 6. The molecule has 3 heterocycles. The molecule has 1 aliphatic heterocycles. The number of nitrogens with one attached hydrogen (secondary N) is 1. The highest BCUT2D eigenvalue weighted by Crippen LogP contribution is 2.32. The van der Waals surface area contributed by atoms with Crippen molar-refractivity contribution >= 4 is 26.8 Å². The molecule has 2 aromatic heterocycles. The minimum atomic E-state index is -3.29. The molecule has 0 atom stereocenters. The van der Waals surface area contributed by atoms with Gasteiger partial charge in [0, 0.05) is 43.6 Å². The molecular weight excluding hydrogens is 440 g/mol. The smallest absolute Gasteiger partial charge is 0.222 e. The minimum Gasteiger partial charge on any atom is -0.457 e. The van der Waals surface area contributed by atoms with Gasteiger partial charge in [-0.3, -0.25) is 9.78 Å². The summed E-state index contributed by atoms with van der Waals surface area (Å²) in [6, 6.07) is 15.7. The number of amides is 1. The van der Waals surface area contributed by atoms with Gasteiger partial charge in [-0.1, -0.05) is 6.07 Å². The summed E-state index contributed by atoms with van der Waals surface area (Å²) in [5.74, 6) is 1.82. The van der Waals surface area contributed by atoms with Gasteiger partial charge < -0.3 is 14.6 Å². The van der Waals surface area contributed by atoms with Crippen molar-refractivity contribution in [3.8, 4) is 23.0 Å². The second-order valence-electron chi connectivity index (χ2n) is 8.04. The Bertz CT molecular complexity index is 1430. The molecule has 5 rings (SSSR count). The first kappa shape index (κ1) is 21.1. The van der Waals surface area contributed by atoms with Crippen molar-refractivity contribution in [1.29, 1.82) is 0 Å². The normalized spacial score (nSPS) is 14.2. The van der Waals surface area contributed by atoms with Crippen molar-refractivity contribution in [1.82, 2.24) is 19.9 Å². The Morgan fingerprint density at radius 1 is 1.12 bits per heavy atom. The van der Waals surface area contributed by atoms with E-state index in [1.807, 2.05) is 35.2 Å². The Hall–Kier alpha value is -3.72. The molecule has 168 valence electrons. The molecule has 0 radical (unpaired) electrons. The second-order valence-corrected chi connectivity index (χ2v) is 10.1. The lowest BCUT2D eigenvalue weighted by Gasteiger charge is -2.18. The fourth-order valence-electron chi connectivity index (χ4n) is 3.88. The molecule has 0 bridgehead atoms. The number of nitrogens with zero attached hydrogens (tertiary/aromatic N) is 3. The number of H-pyrrole nitrogens is 1. The van der Waals surface area contributed by atoms with Crippen LogP contribution in [0.4, 0.5) is 0 Å². The summed E-state index contributed by atoms with van der Waals surface area (Å²) in [6.07, 6.45) is 4.28. The average molecular weight is 463 g/mol. The first-order valence-electron chi connectivity index (χ1n) is 10.6. The predicted octanol–water partition coefficient (Wildman–Crippen LogP) is 3.94. The van der Waals surface area contributed by atoms with Gasteiger partial charge in [-0.25, -0.2) is 13.4 Å². The number of fused-ring (bicyclic) bond motifs is 1. The molecular formula is C24H22N4O4S. The molecule has 1 fully saturated rings.